The number of aryl methyl sites for hydroxylation is 1. The van der Waals surface area contributed by atoms with Gasteiger partial charge in [0.15, 0.2) is 0 Å². The summed E-state index contributed by atoms with van der Waals surface area (Å²) in [5.41, 5.74) is 2.43. The molecule has 0 atom stereocenters. The summed E-state index contributed by atoms with van der Waals surface area (Å²) in [6, 6.07) is 19.3. The lowest BCUT2D eigenvalue weighted by molar-refractivity contribution is 0.0695. The molecule has 4 heteroatoms. The lowest BCUT2D eigenvalue weighted by Gasteiger charge is -2.06. The van der Waals surface area contributed by atoms with Crippen molar-refractivity contribution in [3.05, 3.63) is 77.7 Å². The lowest BCUT2D eigenvalue weighted by Crippen LogP contribution is -1.96. The molecule has 0 aliphatic heterocycles. The second-order valence-corrected chi connectivity index (χ2v) is 5.17. The van der Waals surface area contributed by atoms with E-state index in [1.807, 2.05) is 42.5 Å². The van der Waals surface area contributed by atoms with Gasteiger partial charge in [-0.3, -0.25) is 0 Å². The third-order valence-electron chi connectivity index (χ3n) is 3.54. The van der Waals surface area contributed by atoms with E-state index in [1.54, 1.807) is 6.92 Å². The molecule has 1 N–H and O–H groups in total. The molecule has 4 nitrogen and oxygen atoms in total. The van der Waals surface area contributed by atoms with E-state index < -0.39 is 5.97 Å². The highest BCUT2D eigenvalue weighted by molar-refractivity contribution is 5.88. The number of carboxylic acids is 1. The number of carboxylic acid groups (broad SMARTS) is 1. The van der Waals surface area contributed by atoms with E-state index in [2.05, 4.69) is 12.1 Å². The van der Waals surface area contributed by atoms with Crippen LogP contribution in [-0.4, -0.2) is 11.1 Å². The van der Waals surface area contributed by atoms with Crippen LogP contribution in [0.1, 0.15) is 21.9 Å². The van der Waals surface area contributed by atoms with Crippen molar-refractivity contribution in [1.29, 1.82) is 0 Å². The first-order chi connectivity index (χ1) is 11.1. The molecule has 0 aliphatic rings. The highest BCUT2D eigenvalue weighted by Gasteiger charge is 2.13. The molecule has 0 bridgehead atoms. The Bertz CT molecular complexity index is 801. The third kappa shape index (κ3) is 3.43. The molecule has 3 aromatic rings. The number of benzene rings is 2. The summed E-state index contributed by atoms with van der Waals surface area (Å²) in [6.45, 7) is 1.82. The molecular weight excluding hydrogens is 292 g/mol. The van der Waals surface area contributed by atoms with E-state index in [0.717, 1.165) is 11.1 Å². The highest BCUT2D eigenvalue weighted by atomic mass is 16.5. The van der Waals surface area contributed by atoms with Gasteiger partial charge < -0.3 is 14.3 Å². The zero-order valence-electron chi connectivity index (χ0n) is 12.7. The number of furan rings is 1. The minimum Gasteiger partial charge on any atom is -0.486 e. The van der Waals surface area contributed by atoms with Crippen LogP contribution in [-0.2, 0) is 6.61 Å². The van der Waals surface area contributed by atoms with Gasteiger partial charge in [0.05, 0.1) is 0 Å². The number of ether oxygens (including phenoxy) is 1. The van der Waals surface area contributed by atoms with Crippen LogP contribution in [0.2, 0.25) is 0 Å². The zero-order valence-corrected chi connectivity index (χ0v) is 12.7. The second-order valence-electron chi connectivity index (χ2n) is 5.17. The van der Waals surface area contributed by atoms with Crippen LogP contribution in [0.4, 0.5) is 0 Å². The van der Waals surface area contributed by atoms with Crippen molar-refractivity contribution >= 4 is 5.97 Å². The summed E-state index contributed by atoms with van der Waals surface area (Å²) < 4.78 is 11.0. The molecule has 1 aromatic heterocycles. The summed E-state index contributed by atoms with van der Waals surface area (Å²) in [6.07, 6.45) is 0. The Morgan fingerprint density at radius 1 is 1.04 bits per heavy atom. The van der Waals surface area contributed by atoms with Gasteiger partial charge in [-0.15, -0.1) is 0 Å². The maximum atomic E-state index is 11.0. The molecule has 0 unspecified atom stereocenters. The van der Waals surface area contributed by atoms with Crippen LogP contribution in [0.5, 0.6) is 5.75 Å². The summed E-state index contributed by atoms with van der Waals surface area (Å²) in [5.74, 6) is 0.586. The number of aromatic carboxylic acids is 1. The Balaban J connectivity index is 1.67. The monoisotopic (exact) mass is 308 g/mol. The van der Waals surface area contributed by atoms with Crippen molar-refractivity contribution in [2.45, 2.75) is 13.5 Å². The van der Waals surface area contributed by atoms with Gasteiger partial charge in [-0.05, 0) is 36.2 Å². The molecule has 0 fully saturated rings. The molecule has 2 aromatic carbocycles. The Kier molecular flexibility index (Phi) is 4.15. The fourth-order valence-corrected chi connectivity index (χ4v) is 2.36. The molecule has 0 aliphatic carbocycles. The van der Waals surface area contributed by atoms with Gasteiger partial charge in [0.2, 0.25) is 0 Å². The van der Waals surface area contributed by atoms with Gasteiger partial charge in [0, 0.05) is 0 Å². The van der Waals surface area contributed by atoms with Gasteiger partial charge in [-0.25, -0.2) is 4.79 Å². The SMILES string of the molecule is Cc1oc(COc2ccc(-c3ccccc3)cc2)cc1C(=O)O. The second kappa shape index (κ2) is 6.40. The summed E-state index contributed by atoms with van der Waals surface area (Å²) in [4.78, 5) is 11.0. The predicted molar refractivity (Wildman–Crippen MR) is 86.6 cm³/mol. The molecule has 0 amide bonds. The Hall–Kier alpha value is -3.01. The van der Waals surface area contributed by atoms with Crippen LogP contribution in [0, 0.1) is 6.92 Å². The van der Waals surface area contributed by atoms with E-state index >= 15 is 0 Å². The Morgan fingerprint density at radius 2 is 1.70 bits per heavy atom. The first-order valence-corrected chi connectivity index (χ1v) is 7.24. The van der Waals surface area contributed by atoms with Crippen LogP contribution in [0.15, 0.2) is 65.1 Å². The van der Waals surface area contributed by atoms with Crippen LogP contribution in [0.3, 0.4) is 0 Å². The summed E-state index contributed by atoms with van der Waals surface area (Å²) in [5, 5.41) is 9.00. The minimum atomic E-state index is -0.996. The van der Waals surface area contributed by atoms with Gasteiger partial charge in [-0.2, -0.15) is 0 Å². The maximum Gasteiger partial charge on any atom is 0.339 e. The first kappa shape index (κ1) is 14.9. The Morgan fingerprint density at radius 3 is 2.30 bits per heavy atom. The van der Waals surface area contributed by atoms with Crippen molar-refractivity contribution in [3.8, 4) is 16.9 Å². The third-order valence-corrected chi connectivity index (χ3v) is 3.54. The lowest BCUT2D eigenvalue weighted by atomic mass is 10.1. The van der Waals surface area contributed by atoms with Crippen molar-refractivity contribution in [2.75, 3.05) is 0 Å². The molecule has 0 radical (unpaired) electrons. The fraction of sp³-hybridized carbons (Fsp3) is 0.105. The van der Waals surface area contributed by atoms with Gasteiger partial charge in [0.25, 0.3) is 0 Å². The van der Waals surface area contributed by atoms with Gasteiger partial charge in [0.1, 0.15) is 29.4 Å². The standard InChI is InChI=1S/C19H16O4/c1-13-18(19(20)21)11-17(23-13)12-22-16-9-7-15(8-10-16)14-5-3-2-4-6-14/h2-11H,12H2,1H3,(H,20,21). The van der Waals surface area contributed by atoms with Crippen LogP contribution < -0.4 is 4.74 Å². The van der Waals surface area contributed by atoms with Crippen molar-refractivity contribution < 1.29 is 19.1 Å². The average Bonchev–Trinajstić information content (AvgIpc) is 2.95. The van der Waals surface area contributed by atoms with Crippen molar-refractivity contribution in [1.82, 2.24) is 0 Å². The average molecular weight is 308 g/mol. The van der Waals surface area contributed by atoms with E-state index in [0.29, 0.717) is 17.3 Å². The maximum absolute atomic E-state index is 11.0. The van der Waals surface area contributed by atoms with E-state index in [9.17, 15) is 4.79 Å². The number of carbonyl (C=O) groups is 1. The zero-order chi connectivity index (χ0) is 16.2. The van der Waals surface area contributed by atoms with Crippen LogP contribution in [0.25, 0.3) is 11.1 Å². The van der Waals surface area contributed by atoms with Gasteiger partial charge >= 0.3 is 5.97 Å². The number of hydrogen-bond donors (Lipinski definition) is 1. The topological polar surface area (TPSA) is 59.7 Å². The molecule has 116 valence electrons. The minimum absolute atomic E-state index is 0.169. The Labute approximate surface area is 134 Å². The molecule has 23 heavy (non-hydrogen) atoms. The van der Waals surface area contributed by atoms with E-state index in [4.69, 9.17) is 14.3 Å². The smallest absolute Gasteiger partial charge is 0.339 e. The number of rotatable bonds is 5. The van der Waals surface area contributed by atoms with Crippen molar-refractivity contribution in [3.63, 3.8) is 0 Å². The first-order valence-electron chi connectivity index (χ1n) is 7.24. The predicted octanol–water partition coefficient (Wildman–Crippen LogP) is 4.53. The van der Waals surface area contributed by atoms with Gasteiger partial charge in [-0.1, -0.05) is 42.5 Å². The van der Waals surface area contributed by atoms with Crippen molar-refractivity contribution in [2.24, 2.45) is 0 Å². The molecule has 3 rings (SSSR count). The molecule has 0 saturated carbocycles. The quantitative estimate of drug-likeness (QED) is 0.752. The normalized spacial score (nSPS) is 10.5. The highest BCUT2D eigenvalue weighted by Crippen LogP contribution is 2.23. The molecular formula is C19H16O4. The molecule has 0 saturated heterocycles. The van der Waals surface area contributed by atoms with E-state index in [-0.39, 0.29) is 12.2 Å². The molecule has 1 heterocycles. The summed E-state index contributed by atoms with van der Waals surface area (Å²) in [7, 11) is 0. The molecule has 0 spiro atoms. The number of hydrogen-bond acceptors (Lipinski definition) is 3. The largest absolute Gasteiger partial charge is 0.486 e. The van der Waals surface area contributed by atoms with Crippen LogP contribution >= 0.6 is 0 Å². The van der Waals surface area contributed by atoms with E-state index in [1.165, 1.54) is 6.07 Å². The fourth-order valence-electron chi connectivity index (χ4n) is 2.36. The summed E-state index contributed by atoms with van der Waals surface area (Å²) >= 11 is 0.